The molecule has 0 aliphatic rings. The van der Waals surface area contributed by atoms with Crippen LogP contribution in [-0.4, -0.2) is 63.1 Å². The van der Waals surface area contributed by atoms with Crippen molar-refractivity contribution in [1.82, 2.24) is 20.9 Å². The van der Waals surface area contributed by atoms with Crippen molar-refractivity contribution in [2.75, 3.05) is 0 Å². The molecule has 11 nitrogen and oxygen atoms in total. The lowest BCUT2D eigenvalue weighted by atomic mass is 9.95. The Morgan fingerprint density at radius 1 is 0.814 bits per heavy atom. The molecule has 0 fully saturated rings. The third-order valence-corrected chi connectivity index (χ3v) is 8.03. The number of rotatable bonds is 15. The Kier molecular flexibility index (Phi) is 11.7. The molecule has 2 aromatic carbocycles. The maximum absolute atomic E-state index is 13.7. The minimum Gasteiger partial charge on any atom is -0.508 e. The topological polar surface area (TPSA) is 187 Å². The highest BCUT2D eigenvalue weighted by Crippen LogP contribution is 2.20. The third-order valence-electron chi connectivity index (χ3n) is 8.03. The number of aromatic amines is 1. The fourth-order valence-electron chi connectivity index (χ4n) is 4.87. The fraction of sp³-hybridized carbons (Fsp3) is 0.438. The molecule has 0 bridgehead atoms. The third kappa shape index (κ3) is 8.81. The zero-order valence-corrected chi connectivity index (χ0v) is 25.1. The van der Waals surface area contributed by atoms with E-state index in [9.17, 15) is 29.4 Å². The smallest absolute Gasteiger partial charge is 0.326 e. The number of nitrogens with one attached hydrogen (secondary N) is 4. The van der Waals surface area contributed by atoms with Gasteiger partial charge in [0.2, 0.25) is 17.7 Å². The van der Waals surface area contributed by atoms with Crippen LogP contribution in [0.1, 0.15) is 51.7 Å². The second-order valence-corrected chi connectivity index (χ2v) is 11.2. The summed E-state index contributed by atoms with van der Waals surface area (Å²) in [5.74, 6) is -3.44. The van der Waals surface area contributed by atoms with E-state index in [1.165, 1.54) is 12.1 Å². The number of carboxylic acid groups (broad SMARTS) is 1. The number of carbonyl (C=O) groups is 4. The summed E-state index contributed by atoms with van der Waals surface area (Å²) in [6.07, 6.45) is 3.13. The number of benzene rings is 2. The lowest BCUT2D eigenvalue weighted by Gasteiger charge is -2.28. The number of aliphatic carboxylic acids is 1. The Labute approximate surface area is 251 Å². The number of carboxylic acids is 1. The molecule has 0 saturated heterocycles. The quantitative estimate of drug-likeness (QED) is 0.141. The maximum atomic E-state index is 13.7. The second-order valence-electron chi connectivity index (χ2n) is 11.2. The van der Waals surface area contributed by atoms with E-state index in [1.54, 1.807) is 25.3 Å². The van der Waals surface area contributed by atoms with Crippen LogP contribution in [0.3, 0.4) is 0 Å². The van der Waals surface area contributed by atoms with Crippen LogP contribution < -0.4 is 21.7 Å². The monoisotopic (exact) mass is 593 g/mol. The second kappa shape index (κ2) is 15.2. The van der Waals surface area contributed by atoms with E-state index in [1.807, 2.05) is 45.0 Å². The molecule has 0 aliphatic heterocycles. The van der Waals surface area contributed by atoms with Gasteiger partial charge in [0.15, 0.2) is 0 Å². The van der Waals surface area contributed by atoms with E-state index in [2.05, 4.69) is 20.9 Å². The van der Waals surface area contributed by atoms with Crippen molar-refractivity contribution in [2.24, 2.45) is 17.6 Å². The summed E-state index contributed by atoms with van der Waals surface area (Å²) in [6, 6.07) is 9.67. The van der Waals surface area contributed by atoms with Gasteiger partial charge >= 0.3 is 5.97 Å². The fourth-order valence-corrected chi connectivity index (χ4v) is 4.87. The van der Waals surface area contributed by atoms with Gasteiger partial charge in [0, 0.05) is 23.5 Å². The number of nitrogens with two attached hydrogens (primary N) is 1. The first-order valence-electron chi connectivity index (χ1n) is 14.7. The summed E-state index contributed by atoms with van der Waals surface area (Å²) in [7, 11) is 0. The number of H-pyrrole nitrogens is 1. The number of amides is 3. The Balaban J connectivity index is 1.83. The first-order valence-corrected chi connectivity index (χ1v) is 14.7. The van der Waals surface area contributed by atoms with Crippen molar-refractivity contribution in [3.8, 4) is 5.75 Å². The lowest BCUT2D eigenvalue weighted by molar-refractivity contribution is -0.143. The van der Waals surface area contributed by atoms with Gasteiger partial charge in [0.1, 0.15) is 23.9 Å². The van der Waals surface area contributed by atoms with Crippen LogP contribution in [0, 0.1) is 11.8 Å². The molecular weight excluding hydrogens is 550 g/mol. The van der Waals surface area contributed by atoms with Crippen LogP contribution in [0.4, 0.5) is 0 Å². The number of para-hydroxylation sites is 1. The first-order chi connectivity index (χ1) is 20.4. The molecule has 1 heterocycles. The van der Waals surface area contributed by atoms with Gasteiger partial charge in [-0.25, -0.2) is 4.79 Å². The zero-order chi connectivity index (χ0) is 31.7. The zero-order valence-electron chi connectivity index (χ0n) is 25.1. The summed E-state index contributed by atoms with van der Waals surface area (Å²) in [4.78, 5) is 55.5. The number of hydrogen-bond acceptors (Lipinski definition) is 6. The van der Waals surface area contributed by atoms with Gasteiger partial charge in [-0.3, -0.25) is 14.4 Å². The van der Waals surface area contributed by atoms with Crippen LogP contribution in [-0.2, 0) is 32.0 Å². The molecule has 0 saturated carbocycles. The van der Waals surface area contributed by atoms with E-state index in [-0.39, 0.29) is 30.4 Å². The Hall–Kier alpha value is -4.38. The molecule has 3 amide bonds. The van der Waals surface area contributed by atoms with Crippen LogP contribution >= 0.6 is 0 Å². The van der Waals surface area contributed by atoms with E-state index >= 15 is 0 Å². The van der Waals surface area contributed by atoms with Gasteiger partial charge in [0.05, 0.1) is 6.04 Å². The summed E-state index contributed by atoms with van der Waals surface area (Å²) in [6.45, 7) is 7.27. The number of fused-ring (bicyclic) bond motifs is 1. The summed E-state index contributed by atoms with van der Waals surface area (Å²) in [5.41, 5.74) is 8.54. The van der Waals surface area contributed by atoms with Crippen molar-refractivity contribution in [3.05, 3.63) is 65.9 Å². The van der Waals surface area contributed by atoms with Crippen LogP contribution in [0.25, 0.3) is 10.9 Å². The molecule has 11 heteroatoms. The number of aromatic nitrogens is 1. The molecule has 3 aromatic rings. The van der Waals surface area contributed by atoms with Gasteiger partial charge in [-0.1, -0.05) is 70.9 Å². The molecule has 8 N–H and O–H groups in total. The summed E-state index contributed by atoms with van der Waals surface area (Å²) >= 11 is 0. The number of phenols is 1. The van der Waals surface area contributed by atoms with Crippen molar-refractivity contribution in [1.29, 1.82) is 0 Å². The van der Waals surface area contributed by atoms with Gasteiger partial charge in [-0.15, -0.1) is 0 Å². The van der Waals surface area contributed by atoms with E-state index in [0.29, 0.717) is 12.8 Å². The molecule has 6 unspecified atom stereocenters. The minimum absolute atomic E-state index is 0.0932. The minimum atomic E-state index is -1.16. The van der Waals surface area contributed by atoms with E-state index in [0.717, 1.165) is 22.0 Å². The van der Waals surface area contributed by atoms with Gasteiger partial charge in [-0.2, -0.15) is 0 Å². The van der Waals surface area contributed by atoms with Crippen molar-refractivity contribution < 1.29 is 29.4 Å². The summed E-state index contributed by atoms with van der Waals surface area (Å²) < 4.78 is 0. The van der Waals surface area contributed by atoms with Gasteiger partial charge in [0.25, 0.3) is 0 Å². The number of hydrogen-bond donors (Lipinski definition) is 7. The first kappa shape index (κ1) is 33.1. The lowest BCUT2D eigenvalue weighted by Crippen LogP contribution is -2.59. The van der Waals surface area contributed by atoms with Crippen molar-refractivity contribution >= 4 is 34.6 Å². The van der Waals surface area contributed by atoms with Gasteiger partial charge in [-0.05, 0) is 47.6 Å². The maximum Gasteiger partial charge on any atom is 0.326 e. The molecule has 43 heavy (non-hydrogen) atoms. The summed E-state index contributed by atoms with van der Waals surface area (Å²) in [5, 5.41) is 28.3. The SMILES string of the molecule is CCC(C)C(NC(=O)C(Cc1c[nH]c2ccccc12)NC(=O)C(NC(=O)C(N)Cc1ccc(O)cc1)C(C)CC)C(=O)O. The molecule has 1 aromatic heterocycles. The Bertz CT molecular complexity index is 1400. The van der Waals surface area contributed by atoms with Crippen LogP contribution in [0.2, 0.25) is 0 Å². The van der Waals surface area contributed by atoms with Crippen molar-refractivity contribution in [2.45, 2.75) is 77.5 Å². The van der Waals surface area contributed by atoms with E-state index < -0.39 is 47.9 Å². The highest BCUT2D eigenvalue weighted by atomic mass is 16.4. The number of aromatic hydroxyl groups is 1. The normalized spacial score (nSPS) is 15.5. The Morgan fingerprint density at radius 2 is 1.42 bits per heavy atom. The Morgan fingerprint density at radius 3 is 2.05 bits per heavy atom. The number of carbonyl (C=O) groups excluding carboxylic acids is 3. The highest BCUT2D eigenvalue weighted by Gasteiger charge is 2.34. The molecule has 0 radical (unpaired) electrons. The van der Waals surface area contributed by atoms with Crippen LogP contribution in [0.15, 0.2) is 54.7 Å². The molecule has 0 spiro atoms. The van der Waals surface area contributed by atoms with Gasteiger partial charge < -0.3 is 36.9 Å². The number of phenolic OH excluding ortho intramolecular Hbond substituents is 1. The molecule has 232 valence electrons. The highest BCUT2D eigenvalue weighted by molar-refractivity contribution is 5.95. The van der Waals surface area contributed by atoms with Crippen LogP contribution in [0.5, 0.6) is 5.75 Å². The molecule has 3 rings (SSSR count). The molecule has 0 aliphatic carbocycles. The molecular formula is C32H43N5O6. The predicted molar refractivity (Wildman–Crippen MR) is 164 cm³/mol. The average molecular weight is 594 g/mol. The molecule has 6 atom stereocenters. The van der Waals surface area contributed by atoms with Crippen molar-refractivity contribution in [3.63, 3.8) is 0 Å². The van der Waals surface area contributed by atoms with E-state index in [4.69, 9.17) is 5.73 Å². The largest absolute Gasteiger partial charge is 0.508 e. The average Bonchev–Trinajstić information content (AvgIpc) is 3.40. The predicted octanol–water partition coefficient (Wildman–Crippen LogP) is 2.62. The standard InChI is InChI=1S/C32H43N5O6/c1-5-18(3)27(36-29(39)24(33)15-20-11-13-22(38)14-12-20)31(41)35-26(30(40)37-28(32(42)43)19(4)6-2)16-21-17-34-25-10-8-7-9-23(21)25/h7-14,17-19,24,26-28,34,38H,5-6,15-16,33H2,1-4H3,(H,35,41)(H,36,39)(H,37,40)(H,42,43).